The molecule has 0 atom stereocenters. The van der Waals surface area contributed by atoms with Crippen LogP contribution in [0.15, 0.2) is 30.3 Å². The highest BCUT2D eigenvalue weighted by molar-refractivity contribution is 5.95. The third kappa shape index (κ3) is 6.53. The van der Waals surface area contributed by atoms with E-state index in [-0.39, 0.29) is 19.5 Å². The largest absolute Gasteiger partial charge is 0.481 e. The van der Waals surface area contributed by atoms with E-state index in [1.165, 1.54) is 0 Å². The predicted octanol–water partition coefficient (Wildman–Crippen LogP) is 0.244. The highest BCUT2D eigenvalue weighted by atomic mass is 16.4. The summed E-state index contributed by atoms with van der Waals surface area (Å²) in [6, 6.07) is 8.50. The van der Waals surface area contributed by atoms with E-state index in [2.05, 4.69) is 10.9 Å². The number of carbonyl (C=O) groups is 3. The number of aliphatic carboxylic acids is 1. The molecule has 0 radical (unpaired) electrons. The van der Waals surface area contributed by atoms with E-state index in [4.69, 9.17) is 5.11 Å². The zero-order chi connectivity index (χ0) is 15.7. The number of hydrogen-bond acceptors (Lipinski definition) is 4. The average Bonchev–Trinajstić information content (AvgIpc) is 2.49. The van der Waals surface area contributed by atoms with Gasteiger partial charge in [0.25, 0.3) is 11.8 Å². The number of likely N-dealkylation sites (N-methyl/N-ethyl adjacent to an activating group) is 1. The van der Waals surface area contributed by atoms with Gasteiger partial charge in [0.05, 0.1) is 13.0 Å². The molecular formula is C14H19N3O4. The van der Waals surface area contributed by atoms with Gasteiger partial charge in [-0.2, -0.15) is 0 Å². The minimum Gasteiger partial charge on any atom is -0.481 e. The summed E-state index contributed by atoms with van der Waals surface area (Å²) in [6.45, 7) is 2.69. The number of amides is 2. The van der Waals surface area contributed by atoms with E-state index in [1.807, 2.05) is 6.92 Å². The van der Waals surface area contributed by atoms with Crippen LogP contribution in [-0.2, 0) is 9.59 Å². The minimum absolute atomic E-state index is 0.0266. The molecule has 0 spiro atoms. The maximum Gasteiger partial charge on any atom is 0.304 e. The fraction of sp³-hybridized carbons (Fsp3) is 0.357. The van der Waals surface area contributed by atoms with Crippen molar-refractivity contribution in [3.8, 4) is 0 Å². The number of benzene rings is 1. The molecule has 0 unspecified atom stereocenters. The molecule has 1 aromatic carbocycles. The molecule has 0 aliphatic rings. The van der Waals surface area contributed by atoms with Crippen LogP contribution >= 0.6 is 0 Å². The van der Waals surface area contributed by atoms with Crippen molar-refractivity contribution in [2.45, 2.75) is 13.3 Å². The van der Waals surface area contributed by atoms with Crippen molar-refractivity contribution >= 4 is 17.8 Å². The second kappa shape index (κ2) is 8.70. The number of carboxylic acids is 1. The Hall–Kier alpha value is -2.41. The maximum absolute atomic E-state index is 11.7. The number of hydrazine groups is 1. The number of hydrogen-bond donors (Lipinski definition) is 3. The summed E-state index contributed by atoms with van der Waals surface area (Å²) >= 11 is 0. The summed E-state index contributed by atoms with van der Waals surface area (Å²) < 4.78 is 0. The first kappa shape index (κ1) is 16.6. The normalized spacial score (nSPS) is 10.2. The highest BCUT2D eigenvalue weighted by Crippen LogP contribution is 1.97. The van der Waals surface area contributed by atoms with Gasteiger partial charge in [0.15, 0.2) is 0 Å². The van der Waals surface area contributed by atoms with Crippen LogP contribution in [0.3, 0.4) is 0 Å². The van der Waals surface area contributed by atoms with Crippen molar-refractivity contribution in [2.75, 3.05) is 19.6 Å². The van der Waals surface area contributed by atoms with E-state index >= 15 is 0 Å². The third-order valence-electron chi connectivity index (χ3n) is 2.81. The SMILES string of the molecule is CCN(CCC(=O)O)CC(=O)NNC(=O)c1ccccc1. The first-order valence-electron chi connectivity index (χ1n) is 6.61. The zero-order valence-corrected chi connectivity index (χ0v) is 11.8. The summed E-state index contributed by atoms with van der Waals surface area (Å²) in [5, 5.41) is 8.61. The van der Waals surface area contributed by atoms with Crippen LogP contribution in [0.1, 0.15) is 23.7 Å². The van der Waals surface area contributed by atoms with Crippen molar-refractivity contribution in [3.05, 3.63) is 35.9 Å². The Morgan fingerprint density at radius 2 is 1.81 bits per heavy atom. The molecular weight excluding hydrogens is 274 g/mol. The fourth-order valence-electron chi connectivity index (χ4n) is 1.63. The fourth-order valence-corrected chi connectivity index (χ4v) is 1.63. The van der Waals surface area contributed by atoms with Gasteiger partial charge in [0.2, 0.25) is 0 Å². The second-order valence-electron chi connectivity index (χ2n) is 4.38. The first-order chi connectivity index (χ1) is 10.0. The van der Waals surface area contributed by atoms with Gasteiger partial charge in [0.1, 0.15) is 0 Å². The van der Waals surface area contributed by atoms with Gasteiger partial charge in [-0.25, -0.2) is 0 Å². The van der Waals surface area contributed by atoms with Crippen LogP contribution in [0.4, 0.5) is 0 Å². The molecule has 3 N–H and O–H groups in total. The molecule has 7 heteroatoms. The smallest absolute Gasteiger partial charge is 0.304 e. The van der Waals surface area contributed by atoms with Crippen LogP contribution in [0.25, 0.3) is 0 Å². The third-order valence-corrected chi connectivity index (χ3v) is 2.81. The zero-order valence-electron chi connectivity index (χ0n) is 11.8. The average molecular weight is 293 g/mol. The monoisotopic (exact) mass is 293 g/mol. The highest BCUT2D eigenvalue weighted by Gasteiger charge is 2.11. The lowest BCUT2D eigenvalue weighted by molar-refractivity contribution is -0.137. The second-order valence-corrected chi connectivity index (χ2v) is 4.38. The number of rotatable bonds is 7. The molecule has 0 aromatic heterocycles. The van der Waals surface area contributed by atoms with Crippen molar-refractivity contribution in [1.82, 2.24) is 15.8 Å². The predicted molar refractivity (Wildman–Crippen MR) is 76.4 cm³/mol. The van der Waals surface area contributed by atoms with E-state index in [0.717, 1.165) is 0 Å². The topological polar surface area (TPSA) is 98.7 Å². The number of nitrogens with one attached hydrogen (secondary N) is 2. The summed E-state index contributed by atoms with van der Waals surface area (Å²) in [7, 11) is 0. The van der Waals surface area contributed by atoms with Crippen LogP contribution < -0.4 is 10.9 Å². The Bertz CT molecular complexity index is 490. The van der Waals surface area contributed by atoms with Gasteiger partial charge in [-0.05, 0) is 18.7 Å². The Morgan fingerprint density at radius 3 is 2.38 bits per heavy atom. The van der Waals surface area contributed by atoms with E-state index < -0.39 is 17.8 Å². The van der Waals surface area contributed by atoms with Crippen molar-refractivity contribution in [3.63, 3.8) is 0 Å². The maximum atomic E-state index is 11.7. The summed E-state index contributed by atoms with van der Waals surface area (Å²) in [5.41, 5.74) is 5.06. The molecule has 2 amide bonds. The minimum atomic E-state index is -0.911. The van der Waals surface area contributed by atoms with Gasteiger partial charge in [-0.3, -0.25) is 30.1 Å². The molecule has 0 heterocycles. The lowest BCUT2D eigenvalue weighted by atomic mass is 10.2. The number of carboxylic acid groups (broad SMARTS) is 1. The Balaban J connectivity index is 2.36. The lowest BCUT2D eigenvalue weighted by Gasteiger charge is -2.18. The first-order valence-corrected chi connectivity index (χ1v) is 6.61. The van der Waals surface area contributed by atoms with Gasteiger partial charge < -0.3 is 5.11 Å². The molecule has 0 saturated heterocycles. The van der Waals surface area contributed by atoms with E-state index in [1.54, 1.807) is 35.2 Å². The van der Waals surface area contributed by atoms with Gasteiger partial charge in [-0.15, -0.1) is 0 Å². The molecule has 114 valence electrons. The summed E-state index contributed by atoms with van der Waals surface area (Å²) in [4.78, 5) is 35.6. The number of carbonyl (C=O) groups excluding carboxylic acids is 2. The number of nitrogens with zero attached hydrogens (tertiary/aromatic N) is 1. The molecule has 0 aliphatic carbocycles. The molecule has 0 fully saturated rings. The van der Waals surface area contributed by atoms with Gasteiger partial charge >= 0.3 is 5.97 Å². The van der Waals surface area contributed by atoms with Crippen LogP contribution in [0, 0.1) is 0 Å². The summed E-state index contributed by atoms with van der Waals surface area (Å²) in [6.07, 6.45) is -0.0303. The van der Waals surface area contributed by atoms with E-state index in [9.17, 15) is 14.4 Å². The molecule has 0 bridgehead atoms. The molecule has 1 rings (SSSR count). The standard InChI is InChI=1S/C14H19N3O4/c1-2-17(9-8-13(19)20)10-12(18)15-16-14(21)11-6-4-3-5-7-11/h3-7H,2,8-10H2,1H3,(H,15,18)(H,16,21)(H,19,20). The molecule has 1 aromatic rings. The molecule has 21 heavy (non-hydrogen) atoms. The van der Waals surface area contributed by atoms with E-state index in [0.29, 0.717) is 12.1 Å². The molecule has 0 aliphatic heterocycles. The quantitative estimate of drug-likeness (QED) is 0.626. The van der Waals surface area contributed by atoms with Crippen LogP contribution in [0.2, 0.25) is 0 Å². The summed E-state index contributed by atoms with van der Waals surface area (Å²) in [5.74, 6) is -1.71. The van der Waals surface area contributed by atoms with Gasteiger partial charge in [-0.1, -0.05) is 25.1 Å². The molecule has 0 saturated carbocycles. The van der Waals surface area contributed by atoms with Crippen molar-refractivity contribution in [2.24, 2.45) is 0 Å². The Morgan fingerprint density at radius 1 is 1.14 bits per heavy atom. The van der Waals surface area contributed by atoms with Crippen LogP contribution in [0.5, 0.6) is 0 Å². The lowest BCUT2D eigenvalue weighted by Crippen LogP contribution is -2.46. The van der Waals surface area contributed by atoms with Crippen molar-refractivity contribution < 1.29 is 19.5 Å². The van der Waals surface area contributed by atoms with Gasteiger partial charge in [0, 0.05) is 12.1 Å². The van der Waals surface area contributed by atoms with Crippen molar-refractivity contribution in [1.29, 1.82) is 0 Å². The Labute approximate surface area is 122 Å². The molecule has 7 nitrogen and oxygen atoms in total. The van der Waals surface area contributed by atoms with Crippen LogP contribution in [-0.4, -0.2) is 47.4 Å². The Kier molecular flexibility index (Phi) is 6.90.